The number of rotatable bonds is 2. The molecule has 20 heavy (non-hydrogen) atoms. The molecule has 0 saturated heterocycles. The fraction of sp³-hybridized carbons (Fsp3) is 0.286. The van der Waals surface area contributed by atoms with Gasteiger partial charge in [-0.3, -0.25) is 4.79 Å². The van der Waals surface area contributed by atoms with Crippen molar-refractivity contribution in [2.75, 3.05) is 0 Å². The summed E-state index contributed by atoms with van der Waals surface area (Å²) in [7, 11) is 0. The monoisotopic (exact) mass is 330 g/mol. The largest absolute Gasteiger partial charge is 0.298 e. The second-order valence-corrected chi connectivity index (χ2v) is 6.63. The van der Waals surface area contributed by atoms with Crippen molar-refractivity contribution in [3.63, 3.8) is 0 Å². The summed E-state index contributed by atoms with van der Waals surface area (Å²) in [5, 5.41) is 5.62. The number of aldehydes is 1. The van der Waals surface area contributed by atoms with E-state index in [2.05, 4.69) is 5.10 Å². The molecule has 0 aliphatic rings. The van der Waals surface area contributed by atoms with Gasteiger partial charge in [-0.25, -0.2) is 4.68 Å². The maximum atomic E-state index is 11.3. The summed E-state index contributed by atoms with van der Waals surface area (Å²) in [5.41, 5.74) is 1.29. The first kappa shape index (κ1) is 15.4. The van der Waals surface area contributed by atoms with Gasteiger partial charge in [0.15, 0.2) is 6.29 Å². The molecular weight excluding hydrogens is 319 g/mol. The zero-order valence-corrected chi connectivity index (χ0v) is 13.5. The fourth-order valence-corrected chi connectivity index (χ4v) is 2.63. The van der Waals surface area contributed by atoms with Crippen LogP contribution in [0.4, 0.5) is 0 Å². The highest BCUT2D eigenvalue weighted by Crippen LogP contribution is 2.33. The standard InChI is InChI=1S/C14H13Cl3N2O/c1-14(2,3)12-9(7-20)13(17)19(18-12)11-5-4-8(15)6-10(11)16/h4-7H,1-3H3. The lowest BCUT2D eigenvalue weighted by atomic mass is 9.90. The molecule has 3 nitrogen and oxygen atoms in total. The molecule has 0 saturated carbocycles. The van der Waals surface area contributed by atoms with Crippen LogP contribution in [0.15, 0.2) is 18.2 Å². The molecule has 0 bridgehead atoms. The van der Waals surface area contributed by atoms with Crippen LogP contribution in [0, 0.1) is 0 Å². The Hall–Kier alpha value is -1.03. The van der Waals surface area contributed by atoms with Crippen LogP contribution in [-0.2, 0) is 5.41 Å². The van der Waals surface area contributed by atoms with Gasteiger partial charge in [0, 0.05) is 10.4 Å². The van der Waals surface area contributed by atoms with E-state index < -0.39 is 0 Å². The van der Waals surface area contributed by atoms with Crippen LogP contribution < -0.4 is 0 Å². The third-order valence-electron chi connectivity index (χ3n) is 2.83. The Morgan fingerprint density at radius 3 is 2.30 bits per heavy atom. The summed E-state index contributed by atoms with van der Waals surface area (Å²) in [4.78, 5) is 11.3. The van der Waals surface area contributed by atoms with Gasteiger partial charge in [0.1, 0.15) is 5.15 Å². The number of halogens is 3. The number of nitrogens with zero attached hydrogens (tertiary/aromatic N) is 2. The van der Waals surface area contributed by atoms with Crippen molar-refractivity contribution < 1.29 is 4.79 Å². The van der Waals surface area contributed by atoms with Gasteiger partial charge in [0.05, 0.1) is 22.0 Å². The third kappa shape index (κ3) is 2.71. The zero-order chi connectivity index (χ0) is 15.1. The maximum absolute atomic E-state index is 11.3. The van der Waals surface area contributed by atoms with Gasteiger partial charge in [-0.05, 0) is 18.2 Å². The molecular formula is C14H13Cl3N2O. The number of carbonyl (C=O) groups excluding carboxylic acids is 1. The lowest BCUT2D eigenvalue weighted by molar-refractivity contribution is 0.112. The van der Waals surface area contributed by atoms with E-state index in [9.17, 15) is 4.79 Å². The van der Waals surface area contributed by atoms with Crippen LogP contribution in [0.5, 0.6) is 0 Å². The number of aromatic nitrogens is 2. The van der Waals surface area contributed by atoms with Gasteiger partial charge in [-0.2, -0.15) is 5.10 Å². The first-order chi connectivity index (χ1) is 9.25. The van der Waals surface area contributed by atoms with E-state index >= 15 is 0 Å². The predicted molar refractivity (Wildman–Crippen MR) is 82.7 cm³/mol. The molecule has 0 aliphatic carbocycles. The van der Waals surface area contributed by atoms with E-state index in [-0.39, 0.29) is 10.6 Å². The molecule has 0 spiro atoms. The second-order valence-electron chi connectivity index (χ2n) is 5.43. The molecule has 0 N–H and O–H groups in total. The van der Waals surface area contributed by atoms with Gasteiger partial charge in [0.25, 0.3) is 0 Å². The molecule has 6 heteroatoms. The van der Waals surface area contributed by atoms with E-state index in [4.69, 9.17) is 34.8 Å². The summed E-state index contributed by atoms with van der Waals surface area (Å²) in [5.74, 6) is 0. The van der Waals surface area contributed by atoms with E-state index in [1.807, 2.05) is 20.8 Å². The molecule has 0 fully saturated rings. The van der Waals surface area contributed by atoms with Crippen molar-refractivity contribution in [3.8, 4) is 5.69 Å². The molecule has 1 aromatic heterocycles. The Morgan fingerprint density at radius 2 is 1.85 bits per heavy atom. The Bertz CT molecular complexity index is 672. The smallest absolute Gasteiger partial charge is 0.155 e. The highest BCUT2D eigenvalue weighted by Gasteiger charge is 2.26. The summed E-state index contributed by atoms with van der Waals surface area (Å²) in [6.45, 7) is 5.89. The van der Waals surface area contributed by atoms with Gasteiger partial charge in [-0.1, -0.05) is 55.6 Å². The van der Waals surface area contributed by atoms with Gasteiger partial charge in [0.2, 0.25) is 0 Å². The fourth-order valence-electron chi connectivity index (χ4n) is 1.88. The number of benzene rings is 1. The summed E-state index contributed by atoms with van der Waals surface area (Å²) < 4.78 is 1.46. The van der Waals surface area contributed by atoms with E-state index in [0.717, 1.165) is 6.29 Å². The van der Waals surface area contributed by atoms with Crippen molar-refractivity contribution in [2.45, 2.75) is 26.2 Å². The first-order valence-corrected chi connectivity index (χ1v) is 7.08. The first-order valence-electron chi connectivity index (χ1n) is 5.95. The molecule has 2 aromatic rings. The molecule has 1 heterocycles. The van der Waals surface area contributed by atoms with Crippen molar-refractivity contribution in [1.82, 2.24) is 9.78 Å². The molecule has 2 rings (SSSR count). The molecule has 0 aliphatic heterocycles. The van der Waals surface area contributed by atoms with Crippen LogP contribution in [-0.4, -0.2) is 16.1 Å². The number of hydrogen-bond donors (Lipinski definition) is 0. The molecule has 1 aromatic carbocycles. The third-order valence-corrected chi connectivity index (χ3v) is 3.73. The minimum absolute atomic E-state index is 0.245. The average Bonchev–Trinajstić information content (AvgIpc) is 2.66. The van der Waals surface area contributed by atoms with E-state index in [0.29, 0.717) is 27.0 Å². The van der Waals surface area contributed by atoms with Gasteiger partial charge < -0.3 is 0 Å². The van der Waals surface area contributed by atoms with Crippen LogP contribution in [0.1, 0.15) is 36.8 Å². The Balaban J connectivity index is 2.70. The van der Waals surface area contributed by atoms with Crippen molar-refractivity contribution >= 4 is 41.1 Å². The topological polar surface area (TPSA) is 34.9 Å². The summed E-state index contributed by atoms with van der Waals surface area (Å²) in [6.07, 6.45) is 0.718. The lowest BCUT2D eigenvalue weighted by Crippen LogP contribution is -2.14. The van der Waals surface area contributed by atoms with Gasteiger partial charge in [-0.15, -0.1) is 0 Å². The minimum atomic E-state index is -0.302. The van der Waals surface area contributed by atoms with Crippen LogP contribution in [0.2, 0.25) is 15.2 Å². The quantitative estimate of drug-likeness (QED) is 0.730. The van der Waals surface area contributed by atoms with E-state index in [1.165, 1.54) is 4.68 Å². The SMILES string of the molecule is CC(C)(C)c1nn(-c2ccc(Cl)cc2Cl)c(Cl)c1C=O. The van der Waals surface area contributed by atoms with Crippen molar-refractivity contribution in [1.29, 1.82) is 0 Å². The Morgan fingerprint density at radius 1 is 1.20 bits per heavy atom. The van der Waals surface area contributed by atoms with Crippen LogP contribution in [0.3, 0.4) is 0 Å². The predicted octanol–water partition coefficient (Wildman–Crippen LogP) is 4.94. The summed E-state index contributed by atoms with van der Waals surface area (Å²) >= 11 is 18.3. The summed E-state index contributed by atoms with van der Waals surface area (Å²) in [6, 6.07) is 5.01. The molecule has 0 radical (unpaired) electrons. The Labute approximate surface area is 132 Å². The molecule has 0 unspecified atom stereocenters. The number of carbonyl (C=O) groups is 1. The maximum Gasteiger partial charge on any atom is 0.155 e. The molecule has 106 valence electrons. The van der Waals surface area contributed by atoms with Crippen molar-refractivity contribution in [2.24, 2.45) is 0 Å². The zero-order valence-electron chi connectivity index (χ0n) is 11.2. The normalized spacial score (nSPS) is 11.7. The van der Waals surface area contributed by atoms with Crippen molar-refractivity contribution in [3.05, 3.63) is 44.7 Å². The molecule has 0 amide bonds. The van der Waals surface area contributed by atoms with Gasteiger partial charge >= 0.3 is 0 Å². The van der Waals surface area contributed by atoms with E-state index in [1.54, 1.807) is 18.2 Å². The minimum Gasteiger partial charge on any atom is -0.298 e. The molecule has 0 atom stereocenters. The second kappa shape index (κ2) is 5.40. The number of hydrogen-bond acceptors (Lipinski definition) is 2. The van der Waals surface area contributed by atoms with Crippen LogP contribution in [0.25, 0.3) is 5.69 Å². The average molecular weight is 332 g/mol. The Kier molecular flexibility index (Phi) is 4.14. The highest BCUT2D eigenvalue weighted by molar-refractivity contribution is 6.36. The van der Waals surface area contributed by atoms with Crippen LogP contribution >= 0.6 is 34.8 Å². The highest BCUT2D eigenvalue weighted by atomic mass is 35.5. The lowest BCUT2D eigenvalue weighted by Gasteiger charge is -2.15.